The van der Waals surface area contributed by atoms with Crippen LogP contribution in [0.2, 0.25) is 0 Å². The highest BCUT2D eigenvalue weighted by atomic mass is 16.5. The Kier molecular flexibility index (Phi) is 5.79. The van der Waals surface area contributed by atoms with Crippen LogP contribution in [0.15, 0.2) is 30.5 Å². The number of hydrogen-bond acceptors (Lipinski definition) is 9. The van der Waals surface area contributed by atoms with E-state index in [2.05, 4.69) is 30.8 Å². The zero-order chi connectivity index (χ0) is 19.2. The van der Waals surface area contributed by atoms with E-state index in [1.54, 1.807) is 30.5 Å². The second kappa shape index (κ2) is 8.43. The second-order valence-electron chi connectivity index (χ2n) is 5.54. The van der Waals surface area contributed by atoms with E-state index in [-0.39, 0.29) is 13.3 Å². The number of hydrogen-bond donors (Lipinski definition) is 4. The number of pyridine rings is 2. The van der Waals surface area contributed by atoms with Crippen molar-refractivity contribution in [3.8, 4) is 5.88 Å². The van der Waals surface area contributed by atoms with Gasteiger partial charge in [0.2, 0.25) is 5.88 Å². The molecule has 1 unspecified atom stereocenters. The van der Waals surface area contributed by atoms with Crippen molar-refractivity contribution in [3.05, 3.63) is 41.9 Å². The third-order valence-electron chi connectivity index (χ3n) is 3.93. The average Bonchev–Trinajstić information content (AvgIpc) is 3.14. The number of carbonyl (C=O) groups is 1. The summed E-state index contributed by atoms with van der Waals surface area (Å²) in [5.74, 6) is 0.412. The maximum Gasteiger partial charge on any atom is 0.329 e. The van der Waals surface area contributed by atoms with Gasteiger partial charge in [0.1, 0.15) is 11.9 Å². The topological polar surface area (TPSA) is 134 Å². The molecular formula is C17H20N6O4. The Bertz CT molecular complexity index is 914. The number of aliphatic hydroxyl groups is 1. The standard InChI is InChI=1S/C17H20N6O4/c1-26-16-14-11(22-23-16)7-13(21-12(14)8-24)19-9-20-15(17(25)27-2)10-5-3-4-6-18-10/h3-7,15,20,24H,8-9H2,1-2H3,(H,19,21)(H,22,23). The molecule has 0 radical (unpaired) electrons. The van der Waals surface area contributed by atoms with E-state index in [0.29, 0.717) is 34.0 Å². The van der Waals surface area contributed by atoms with E-state index in [1.807, 2.05) is 0 Å². The number of nitrogens with zero attached hydrogens (tertiary/aromatic N) is 3. The predicted octanol–water partition coefficient (Wildman–Crippen LogP) is 0.727. The fraction of sp³-hybridized carbons (Fsp3) is 0.294. The number of methoxy groups -OCH3 is 2. The second-order valence-corrected chi connectivity index (χ2v) is 5.54. The van der Waals surface area contributed by atoms with Crippen molar-refractivity contribution in [2.75, 3.05) is 26.2 Å². The van der Waals surface area contributed by atoms with Gasteiger partial charge in [0.25, 0.3) is 0 Å². The molecule has 0 bridgehead atoms. The average molecular weight is 372 g/mol. The summed E-state index contributed by atoms with van der Waals surface area (Å²) >= 11 is 0. The van der Waals surface area contributed by atoms with E-state index in [0.717, 1.165) is 0 Å². The third kappa shape index (κ3) is 3.96. The molecule has 0 aliphatic heterocycles. The van der Waals surface area contributed by atoms with Gasteiger partial charge in [0.15, 0.2) is 0 Å². The Balaban J connectivity index is 1.75. The van der Waals surface area contributed by atoms with Gasteiger partial charge in [-0.15, -0.1) is 5.10 Å². The number of anilines is 1. The minimum Gasteiger partial charge on any atom is -0.479 e. The first-order valence-electron chi connectivity index (χ1n) is 8.16. The van der Waals surface area contributed by atoms with Crippen LogP contribution in [0.1, 0.15) is 17.4 Å². The van der Waals surface area contributed by atoms with Crippen LogP contribution in [-0.4, -0.2) is 52.1 Å². The van der Waals surface area contributed by atoms with Crippen molar-refractivity contribution in [2.45, 2.75) is 12.6 Å². The number of fused-ring (bicyclic) bond motifs is 1. The molecule has 0 aromatic carbocycles. The number of esters is 1. The fourth-order valence-corrected chi connectivity index (χ4v) is 2.66. The number of carbonyl (C=O) groups excluding carboxylic acids is 1. The maximum absolute atomic E-state index is 12.0. The van der Waals surface area contributed by atoms with Gasteiger partial charge in [-0.1, -0.05) is 6.07 Å². The molecule has 4 N–H and O–H groups in total. The summed E-state index contributed by atoms with van der Waals surface area (Å²) in [6.45, 7) is -0.0565. The fourth-order valence-electron chi connectivity index (χ4n) is 2.66. The maximum atomic E-state index is 12.0. The molecule has 1 atom stereocenters. The van der Waals surface area contributed by atoms with Crippen LogP contribution < -0.4 is 15.4 Å². The lowest BCUT2D eigenvalue weighted by Crippen LogP contribution is -2.34. The summed E-state index contributed by atoms with van der Waals surface area (Å²) in [7, 11) is 2.82. The lowest BCUT2D eigenvalue weighted by molar-refractivity contribution is -0.143. The molecule has 3 heterocycles. The van der Waals surface area contributed by atoms with Crippen LogP contribution in [0.5, 0.6) is 5.88 Å². The summed E-state index contributed by atoms with van der Waals surface area (Å²) in [5, 5.41) is 23.2. The van der Waals surface area contributed by atoms with Crippen LogP contribution in [0, 0.1) is 0 Å². The lowest BCUT2D eigenvalue weighted by atomic mass is 10.2. The molecule has 0 aliphatic carbocycles. The number of aliphatic hydroxyl groups excluding tert-OH is 1. The number of aromatic nitrogens is 4. The van der Waals surface area contributed by atoms with Crippen LogP contribution in [0.3, 0.4) is 0 Å². The van der Waals surface area contributed by atoms with Crippen molar-refractivity contribution in [2.24, 2.45) is 0 Å². The van der Waals surface area contributed by atoms with E-state index in [9.17, 15) is 9.90 Å². The Morgan fingerprint density at radius 2 is 2.22 bits per heavy atom. The first-order valence-corrected chi connectivity index (χ1v) is 8.16. The monoisotopic (exact) mass is 372 g/mol. The highest BCUT2D eigenvalue weighted by Gasteiger charge is 2.22. The third-order valence-corrected chi connectivity index (χ3v) is 3.93. The molecule has 0 aliphatic rings. The van der Waals surface area contributed by atoms with Gasteiger partial charge in [-0.25, -0.2) is 9.78 Å². The molecule has 0 amide bonds. The number of ether oxygens (including phenoxy) is 2. The zero-order valence-corrected chi connectivity index (χ0v) is 14.9. The Labute approximate surface area is 154 Å². The molecule has 10 heteroatoms. The number of H-pyrrole nitrogens is 1. The van der Waals surface area contributed by atoms with E-state index >= 15 is 0 Å². The highest BCUT2D eigenvalue weighted by molar-refractivity contribution is 5.88. The molecule has 142 valence electrons. The van der Waals surface area contributed by atoms with Crippen molar-refractivity contribution in [1.82, 2.24) is 25.5 Å². The van der Waals surface area contributed by atoms with Crippen LogP contribution in [0.25, 0.3) is 10.9 Å². The molecule has 0 fully saturated rings. The van der Waals surface area contributed by atoms with E-state index in [1.165, 1.54) is 14.2 Å². The SMILES string of the molecule is COC(=O)C(NCNc1cc2[nH]nc(OC)c2c(CO)n1)c1ccccn1. The molecular weight excluding hydrogens is 352 g/mol. The van der Waals surface area contributed by atoms with E-state index in [4.69, 9.17) is 9.47 Å². The van der Waals surface area contributed by atoms with Crippen molar-refractivity contribution < 1.29 is 19.4 Å². The minimum absolute atomic E-state index is 0.213. The van der Waals surface area contributed by atoms with Gasteiger partial charge in [0, 0.05) is 12.3 Å². The molecule has 27 heavy (non-hydrogen) atoms. The summed E-state index contributed by atoms with van der Waals surface area (Å²) in [6, 6.07) is 6.31. The van der Waals surface area contributed by atoms with Crippen molar-refractivity contribution in [1.29, 1.82) is 0 Å². The first kappa shape index (κ1) is 18.5. The molecule has 3 aromatic rings. The largest absolute Gasteiger partial charge is 0.479 e. The van der Waals surface area contributed by atoms with Crippen LogP contribution >= 0.6 is 0 Å². The van der Waals surface area contributed by atoms with Crippen LogP contribution in [-0.2, 0) is 16.1 Å². The number of aromatic amines is 1. The summed E-state index contributed by atoms with van der Waals surface area (Å²) in [4.78, 5) is 20.6. The predicted molar refractivity (Wildman–Crippen MR) is 97.0 cm³/mol. The highest BCUT2D eigenvalue weighted by Crippen LogP contribution is 2.27. The van der Waals surface area contributed by atoms with Gasteiger partial charge in [0.05, 0.1) is 49.8 Å². The molecule has 0 spiro atoms. The summed E-state index contributed by atoms with van der Waals surface area (Å²) in [5.41, 5.74) is 1.64. The quantitative estimate of drug-likeness (QED) is 0.333. The minimum atomic E-state index is -0.725. The van der Waals surface area contributed by atoms with Crippen molar-refractivity contribution in [3.63, 3.8) is 0 Å². The lowest BCUT2D eigenvalue weighted by Gasteiger charge is -2.17. The van der Waals surface area contributed by atoms with E-state index < -0.39 is 12.0 Å². The molecule has 3 aromatic heterocycles. The molecule has 10 nitrogen and oxygen atoms in total. The number of nitrogens with one attached hydrogen (secondary N) is 3. The molecule has 3 rings (SSSR count). The molecule has 0 saturated carbocycles. The summed E-state index contributed by atoms with van der Waals surface area (Å²) in [6.07, 6.45) is 1.61. The number of rotatable bonds is 8. The van der Waals surface area contributed by atoms with Gasteiger partial charge >= 0.3 is 5.97 Å². The van der Waals surface area contributed by atoms with Gasteiger partial charge in [-0.3, -0.25) is 15.4 Å². The normalized spacial score (nSPS) is 12.0. The zero-order valence-electron chi connectivity index (χ0n) is 14.9. The summed E-state index contributed by atoms with van der Waals surface area (Å²) < 4.78 is 10.00. The molecule has 0 saturated heterocycles. The van der Waals surface area contributed by atoms with Gasteiger partial charge in [-0.2, -0.15) is 0 Å². The Morgan fingerprint density at radius 1 is 1.37 bits per heavy atom. The van der Waals surface area contributed by atoms with Gasteiger partial charge in [-0.05, 0) is 12.1 Å². The van der Waals surface area contributed by atoms with Gasteiger partial charge < -0.3 is 19.9 Å². The van der Waals surface area contributed by atoms with Crippen molar-refractivity contribution >= 4 is 22.7 Å². The van der Waals surface area contributed by atoms with Crippen LogP contribution in [0.4, 0.5) is 5.82 Å². The Morgan fingerprint density at radius 3 is 2.89 bits per heavy atom. The smallest absolute Gasteiger partial charge is 0.329 e. The first-order chi connectivity index (χ1) is 13.2. The Hall–Kier alpha value is -3.24.